The van der Waals surface area contributed by atoms with Crippen molar-refractivity contribution in [2.75, 3.05) is 5.32 Å². The number of amides is 1. The van der Waals surface area contributed by atoms with Gasteiger partial charge in [0.25, 0.3) is 5.69 Å². The van der Waals surface area contributed by atoms with Gasteiger partial charge in [-0.2, -0.15) is 0 Å². The number of aromatic hydroxyl groups is 1. The van der Waals surface area contributed by atoms with E-state index < -0.39 is 16.9 Å². The summed E-state index contributed by atoms with van der Waals surface area (Å²) in [7, 11) is 0. The number of rotatable bonds is 3. The number of hydrogen-bond donors (Lipinski definition) is 3. The zero-order valence-corrected chi connectivity index (χ0v) is 8.51. The van der Waals surface area contributed by atoms with Gasteiger partial charge in [-0.15, -0.1) is 0 Å². The Morgan fingerprint density at radius 1 is 1.62 bits per heavy atom. The number of nitrogens with zero attached hydrogens (tertiary/aromatic N) is 1. The molecule has 0 aliphatic rings. The molecule has 1 rings (SSSR count). The lowest BCUT2D eigenvalue weighted by molar-refractivity contribution is -0.384. The molecule has 0 aliphatic heterocycles. The maximum atomic E-state index is 11.2. The summed E-state index contributed by atoms with van der Waals surface area (Å²) < 4.78 is 0. The van der Waals surface area contributed by atoms with E-state index in [0.717, 1.165) is 18.2 Å². The Bertz CT molecular complexity index is 431. The fourth-order valence-electron chi connectivity index (χ4n) is 0.984. The molecule has 0 unspecified atom stereocenters. The molecule has 1 aromatic rings. The van der Waals surface area contributed by atoms with Gasteiger partial charge in [0, 0.05) is 12.1 Å². The molecule has 86 valence electrons. The Kier molecular flexibility index (Phi) is 3.41. The van der Waals surface area contributed by atoms with Crippen LogP contribution < -0.4 is 11.1 Å². The number of nitro groups is 1. The molecule has 0 saturated heterocycles. The zero-order chi connectivity index (χ0) is 12.3. The number of hydrogen-bond acceptors (Lipinski definition) is 5. The van der Waals surface area contributed by atoms with E-state index >= 15 is 0 Å². The van der Waals surface area contributed by atoms with Crippen molar-refractivity contribution in [1.82, 2.24) is 0 Å². The minimum Gasteiger partial charge on any atom is -0.506 e. The van der Waals surface area contributed by atoms with Crippen molar-refractivity contribution >= 4 is 17.3 Å². The monoisotopic (exact) mass is 225 g/mol. The van der Waals surface area contributed by atoms with Crippen LogP contribution in [0.4, 0.5) is 11.4 Å². The van der Waals surface area contributed by atoms with Gasteiger partial charge in [0.1, 0.15) is 5.75 Å². The van der Waals surface area contributed by atoms with Crippen LogP contribution in [0.2, 0.25) is 0 Å². The van der Waals surface area contributed by atoms with Gasteiger partial charge in [-0.25, -0.2) is 0 Å². The SMILES string of the molecule is C[C@H](N)C(=O)Nc1cc([N+](=O)[O-])ccc1O. The lowest BCUT2D eigenvalue weighted by Gasteiger charge is -2.08. The quantitative estimate of drug-likeness (QED) is 0.395. The molecule has 0 fully saturated rings. The first-order chi connectivity index (χ1) is 7.41. The molecule has 7 nitrogen and oxygen atoms in total. The molecule has 0 heterocycles. The van der Waals surface area contributed by atoms with Crippen molar-refractivity contribution in [3.05, 3.63) is 28.3 Å². The van der Waals surface area contributed by atoms with Crippen LogP contribution in [-0.2, 0) is 4.79 Å². The molecule has 1 amide bonds. The van der Waals surface area contributed by atoms with Crippen LogP contribution in [0.3, 0.4) is 0 Å². The molecule has 0 bridgehead atoms. The van der Waals surface area contributed by atoms with Crippen LogP contribution >= 0.6 is 0 Å². The summed E-state index contributed by atoms with van der Waals surface area (Å²) in [6.45, 7) is 1.46. The van der Waals surface area contributed by atoms with E-state index in [2.05, 4.69) is 5.32 Å². The normalized spacial score (nSPS) is 11.9. The Balaban J connectivity index is 2.99. The van der Waals surface area contributed by atoms with Crippen LogP contribution in [0.5, 0.6) is 5.75 Å². The van der Waals surface area contributed by atoms with E-state index in [1.807, 2.05) is 0 Å². The van der Waals surface area contributed by atoms with Gasteiger partial charge in [0.2, 0.25) is 5.91 Å². The van der Waals surface area contributed by atoms with Gasteiger partial charge in [-0.05, 0) is 13.0 Å². The smallest absolute Gasteiger partial charge is 0.271 e. The van der Waals surface area contributed by atoms with Crippen molar-refractivity contribution < 1.29 is 14.8 Å². The predicted octanol–water partition coefficient (Wildman–Crippen LogP) is 0.586. The number of carbonyl (C=O) groups excluding carboxylic acids is 1. The molecular weight excluding hydrogens is 214 g/mol. The molecule has 4 N–H and O–H groups in total. The van der Waals surface area contributed by atoms with Crippen LogP contribution in [0.15, 0.2) is 18.2 Å². The summed E-state index contributed by atoms with van der Waals surface area (Å²) in [5.41, 5.74) is 5.05. The number of nitrogens with two attached hydrogens (primary N) is 1. The molecule has 1 aromatic carbocycles. The Hall–Kier alpha value is -2.15. The molecular formula is C9H11N3O4. The Morgan fingerprint density at radius 2 is 2.25 bits per heavy atom. The summed E-state index contributed by atoms with van der Waals surface area (Å²) >= 11 is 0. The molecule has 0 spiro atoms. The zero-order valence-electron chi connectivity index (χ0n) is 8.51. The molecule has 16 heavy (non-hydrogen) atoms. The predicted molar refractivity (Wildman–Crippen MR) is 57.0 cm³/mol. The van der Waals surface area contributed by atoms with E-state index in [1.54, 1.807) is 0 Å². The van der Waals surface area contributed by atoms with Gasteiger partial charge in [-0.1, -0.05) is 0 Å². The largest absolute Gasteiger partial charge is 0.506 e. The molecule has 1 atom stereocenters. The molecule has 0 aromatic heterocycles. The first-order valence-corrected chi connectivity index (χ1v) is 4.45. The third kappa shape index (κ3) is 2.67. The maximum absolute atomic E-state index is 11.2. The Morgan fingerprint density at radius 3 is 2.75 bits per heavy atom. The van der Waals surface area contributed by atoms with E-state index in [9.17, 15) is 20.0 Å². The number of phenolic OH excluding ortho intramolecular Hbond substituents is 1. The van der Waals surface area contributed by atoms with Crippen LogP contribution in [0.25, 0.3) is 0 Å². The van der Waals surface area contributed by atoms with Crippen molar-refractivity contribution in [3.63, 3.8) is 0 Å². The summed E-state index contributed by atoms with van der Waals surface area (Å²) in [4.78, 5) is 21.1. The van der Waals surface area contributed by atoms with Crippen molar-refractivity contribution in [1.29, 1.82) is 0 Å². The van der Waals surface area contributed by atoms with Crippen LogP contribution in [0.1, 0.15) is 6.92 Å². The third-order valence-corrected chi connectivity index (χ3v) is 1.86. The number of benzene rings is 1. The summed E-state index contributed by atoms with van der Waals surface area (Å²) in [6, 6.07) is 2.57. The van der Waals surface area contributed by atoms with Gasteiger partial charge in [0.15, 0.2) is 0 Å². The topological polar surface area (TPSA) is 118 Å². The van der Waals surface area contributed by atoms with E-state index in [4.69, 9.17) is 5.73 Å². The van der Waals surface area contributed by atoms with E-state index in [-0.39, 0.29) is 17.1 Å². The molecule has 7 heteroatoms. The lowest BCUT2D eigenvalue weighted by atomic mass is 10.2. The Labute approximate surface area is 91.0 Å². The second-order valence-corrected chi connectivity index (χ2v) is 3.24. The number of phenols is 1. The standard InChI is InChI=1S/C9H11N3O4/c1-5(10)9(14)11-7-4-6(12(15)16)2-3-8(7)13/h2-5,13H,10H2,1H3,(H,11,14)/t5-/m0/s1. The summed E-state index contributed by atoms with van der Waals surface area (Å²) in [5.74, 6) is -0.782. The highest BCUT2D eigenvalue weighted by atomic mass is 16.6. The highest BCUT2D eigenvalue weighted by Crippen LogP contribution is 2.27. The second kappa shape index (κ2) is 4.58. The van der Waals surface area contributed by atoms with Gasteiger partial charge in [0.05, 0.1) is 16.7 Å². The molecule has 0 aliphatic carbocycles. The van der Waals surface area contributed by atoms with Crippen molar-refractivity contribution in [2.45, 2.75) is 13.0 Å². The molecule has 0 saturated carbocycles. The average Bonchev–Trinajstić information content (AvgIpc) is 2.20. The highest BCUT2D eigenvalue weighted by molar-refractivity contribution is 5.95. The van der Waals surface area contributed by atoms with Crippen molar-refractivity contribution in [3.8, 4) is 5.75 Å². The van der Waals surface area contributed by atoms with Crippen LogP contribution in [0, 0.1) is 10.1 Å². The maximum Gasteiger partial charge on any atom is 0.271 e. The van der Waals surface area contributed by atoms with Crippen molar-refractivity contribution in [2.24, 2.45) is 5.73 Å². The number of nitro benzene ring substituents is 1. The first-order valence-electron chi connectivity index (χ1n) is 4.45. The summed E-state index contributed by atoms with van der Waals surface area (Å²) in [6.07, 6.45) is 0. The third-order valence-electron chi connectivity index (χ3n) is 1.86. The second-order valence-electron chi connectivity index (χ2n) is 3.24. The number of nitrogens with one attached hydrogen (secondary N) is 1. The van der Waals surface area contributed by atoms with Gasteiger partial charge < -0.3 is 16.2 Å². The molecule has 0 radical (unpaired) electrons. The van der Waals surface area contributed by atoms with Gasteiger partial charge in [-0.3, -0.25) is 14.9 Å². The lowest BCUT2D eigenvalue weighted by Crippen LogP contribution is -2.32. The highest BCUT2D eigenvalue weighted by Gasteiger charge is 2.14. The number of carbonyl (C=O) groups is 1. The van der Waals surface area contributed by atoms with E-state index in [0.29, 0.717) is 0 Å². The summed E-state index contributed by atoms with van der Waals surface area (Å²) in [5, 5.41) is 22.1. The fourth-order valence-corrected chi connectivity index (χ4v) is 0.984. The first kappa shape index (κ1) is 11.9. The number of non-ortho nitro benzene ring substituents is 1. The van der Waals surface area contributed by atoms with Gasteiger partial charge >= 0.3 is 0 Å². The minimum absolute atomic E-state index is 0.0310. The minimum atomic E-state index is -0.765. The fraction of sp³-hybridized carbons (Fsp3) is 0.222. The average molecular weight is 225 g/mol. The van der Waals surface area contributed by atoms with Crippen LogP contribution in [-0.4, -0.2) is 22.0 Å². The number of anilines is 1. The van der Waals surface area contributed by atoms with E-state index in [1.165, 1.54) is 6.92 Å².